The molecule has 3 atom stereocenters. The summed E-state index contributed by atoms with van der Waals surface area (Å²) in [4.78, 5) is 2.25. The van der Waals surface area contributed by atoms with Crippen molar-refractivity contribution >= 4 is 0 Å². The van der Waals surface area contributed by atoms with Gasteiger partial charge in [-0.25, -0.2) is 0 Å². The van der Waals surface area contributed by atoms with Gasteiger partial charge in [0, 0.05) is 12.5 Å². The Bertz CT molecular complexity index is 1110. The van der Waals surface area contributed by atoms with Crippen molar-refractivity contribution in [1.29, 1.82) is 0 Å². The number of benzene rings is 2. The molecule has 40 heavy (non-hydrogen) atoms. The lowest BCUT2D eigenvalue weighted by Crippen LogP contribution is -2.56. The summed E-state index contributed by atoms with van der Waals surface area (Å²) in [5.74, 6) is -1.49. The van der Waals surface area contributed by atoms with Crippen molar-refractivity contribution in [1.82, 2.24) is 4.90 Å². The summed E-state index contributed by atoms with van der Waals surface area (Å²) in [5.41, 5.74) is -1.76. The van der Waals surface area contributed by atoms with E-state index in [1.54, 1.807) is 0 Å². The summed E-state index contributed by atoms with van der Waals surface area (Å²) < 4.78 is 100. The fraction of sp³-hybridized carbons (Fsp3) is 0.600. The van der Waals surface area contributed by atoms with Crippen molar-refractivity contribution < 1.29 is 40.6 Å². The van der Waals surface area contributed by atoms with Gasteiger partial charge >= 0.3 is 12.4 Å². The van der Waals surface area contributed by atoms with Crippen LogP contribution in [0.4, 0.5) is 26.3 Å². The van der Waals surface area contributed by atoms with E-state index < -0.39 is 35.4 Å². The number of hydrogen-bond donors (Lipinski definition) is 0. The first kappa shape index (κ1) is 29.4. The molecule has 2 aromatic rings. The molecule has 3 fully saturated rings. The molecule has 0 unspecified atom stereocenters. The van der Waals surface area contributed by atoms with Crippen molar-refractivity contribution in [2.45, 2.75) is 69.2 Å². The molecule has 220 valence electrons. The molecule has 0 radical (unpaired) electrons. The molecular weight excluding hydrogens is 536 g/mol. The molecule has 3 aliphatic heterocycles. The third kappa shape index (κ3) is 6.35. The van der Waals surface area contributed by atoms with E-state index in [1.807, 2.05) is 30.3 Å². The molecule has 0 N–H and O–H groups in total. The molecule has 0 aliphatic carbocycles. The van der Waals surface area contributed by atoms with Gasteiger partial charge in [0.25, 0.3) is 0 Å². The van der Waals surface area contributed by atoms with Gasteiger partial charge in [-0.2, -0.15) is 26.3 Å². The molecule has 1 spiro atoms. The van der Waals surface area contributed by atoms with Crippen LogP contribution < -0.4 is 0 Å². The van der Waals surface area contributed by atoms with E-state index in [0.29, 0.717) is 13.2 Å². The molecule has 2 aromatic carbocycles. The highest BCUT2D eigenvalue weighted by Crippen LogP contribution is 2.46. The fourth-order valence-corrected chi connectivity index (χ4v) is 6.39. The third-order valence-corrected chi connectivity index (χ3v) is 8.72. The smallest absolute Gasteiger partial charge is 0.381 e. The molecule has 0 aromatic heterocycles. The van der Waals surface area contributed by atoms with Crippen LogP contribution in [0.15, 0.2) is 48.5 Å². The SMILES string of the molecule is C[C@@H](O[C@]1(CN2CCC3(CCOC3)CC2)OCCC[C@@H]1c1ccccc1)c1cc(C(F)(F)F)cc(C(F)(F)F)c1. The first-order valence-electron chi connectivity index (χ1n) is 13.9. The Balaban J connectivity index is 1.47. The average Bonchev–Trinajstić information content (AvgIpc) is 3.37. The minimum absolute atomic E-state index is 0.145. The van der Waals surface area contributed by atoms with Crippen LogP contribution in [0.1, 0.15) is 73.3 Å². The minimum Gasteiger partial charge on any atom is -0.381 e. The number of ether oxygens (including phenoxy) is 3. The maximum Gasteiger partial charge on any atom is 0.416 e. The number of piperidine rings is 1. The molecule has 4 nitrogen and oxygen atoms in total. The second kappa shape index (κ2) is 11.3. The predicted molar refractivity (Wildman–Crippen MR) is 137 cm³/mol. The topological polar surface area (TPSA) is 30.9 Å². The predicted octanol–water partition coefficient (Wildman–Crippen LogP) is 7.59. The van der Waals surface area contributed by atoms with Gasteiger partial charge in [0.15, 0.2) is 5.79 Å². The Kier molecular flexibility index (Phi) is 8.27. The summed E-state index contributed by atoms with van der Waals surface area (Å²) in [5, 5.41) is 0. The Labute approximate surface area is 230 Å². The number of halogens is 6. The first-order valence-corrected chi connectivity index (χ1v) is 13.9. The highest BCUT2D eigenvalue weighted by Gasteiger charge is 2.49. The lowest BCUT2D eigenvalue weighted by molar-refractivity contribution is -0.293. The molecule has 0 amide bonds. The standard InChI is InChI=1S/C30H35F6NO3/c1-21(23-16-24(29(31,32)33)18-25(17-23)30(34,35)36)40-28(19-37-12-9-27(10-13-37)11-15-38-20-27)26(8-5-14-39-28)22-6-3-2-4-7-22/h2-4,6-7,16-18,21,26H,5,8-15,19-20H2,1H3/t21-,26-,28+/m1/s1. The number of likely N-dealkylation sites (tertiary alicyclic amines) is 1. The van der Waals surface area contributed by atoms with Crippen LogP contribution in [0, 0.1) is 5.41 Å². The second-order valence-corrected chi connectivity index (χ2v) is 11.4. The first-order chi connectivity index (χ1) is 18.9. The third-order valence-electron chi connectivity index (χ3n) is 8.72. The van der Waals surface area contributed by atoms with Crippen LogP contribution in [0.5, 0.6) is 0 Å². The quantitative estimate of drug-likeness (QED) is 0.334. The summed E-state index contributed by atoms with van der Waals surface area (Å²) >= 11 is 0. The van der Waals surface area contributed by atoms with E-state index in [-0.39, 0.29) is 23.0 Å². The van der Waals surface area contributed by atoms with Crippen LogP contribution in [-0.4, -0.2) is 50.1 Å². The Morgan fingerprint density at radius 3 is 2.15 bits per heavy atom. The van der Waals surface area contributed by atoms with Crippen LogP contribution in [0.3, 0.4) is 0 Å². The summed E-state index contributed by atoms with van der Waals surface area (Å²) in [6.07, 6.45) is -6.54. The zero-order valence-electron chi connectivity index (χ0n) is 22.5. The Morgan fingerprint density at radius 2 is 1.57 bits per heavy atom. The van der Waals surface area contributed by atoms with E-state index in [1.165, 1.54) is 6.92 Å². The van der Waals surface area contributed by atoms with Crippen molar-refractivity contribution in [2.75, 3.05) is 39.5 Å². The van der Waals surface area contributed by atoms with Gasteiger partial charge in [0.05, 0.1) is 37.0 Å². The molecule has 0 saturated carbocycles. The van der Waals surface area contributed by atoms with E-state index in [0.717, 1.165) is 76.1 Å². The molecule has 3 heterocycles. The van der Waals surface area contributed by atoms with Gasteiger partial charge in [-0.1, -0.05) is 30.3 Å². The molecule has 5 rings (SSSR count). The van der Waals surface area contributed by atoms with Crippen molar-refractivity contribution in [3.05, 3.63) is 70.8 Å². The van der Waals surface area contributed by atoms with E-state index in [2.05, 4.69) is 4.90 Å². The minimum atomic E-state index is -4.94. The fourth-order valence-electron chi connectivity index (χ4n) is 6.39. The summed E-state index contributed by atoms with van der Waals surface area (Å²) in [6, 6.07) is 11.3. The maximum absolute atomic E-state index is 13.6. The second-order valence-electron chi connectivity index (χ2n) is 11.4. The summed E-state index contributed by atoms with van der Waals surface area (Å²) in [6.45, 7) is 5.33. The van der Waals surface area contributed by atoms with Gasteiger partial charge in [0.1, 0.15) is 0 Å². The van der Waals surface area contributed by atoms with Crippen molar-refractivity contribution in [3.63, 3.8) is 0 Å². The number of hydrogen-bond acceptors (Lipinski definition) is 4. The normalized spacial score (nSPS) is 26.7. The Hall–Kier alpha value is -2.14. The highest BCUT2D eigenvalue weighted by atomic mass is 19.4. The van der Waals surface area contributed by atoms with E-state index >= 15 is 0 Å². The Morgan fingerprint density at radius 1 is 0.925 bits per heavy atom. The van der Waals surface area contributed by atoms with Crippen LogP contribution >= 0.6 is 0 Å². The molecule has 0 bridgehead atoms. The maximum atomic E-state index is 13.6. The van der Waals surface area contributed by atoms with Gasteiger partial charge in [0.2, 0.25) is 0 Å². The van der Waals surface area contributed by atoms with Crippen molar-refractivity contribution in [2.24, 2.45) is 5.41 Å². The van der Waals surface area contributed by atoms with Gasteiger partial charge in [-0.3, -0.25) is 4.90 Å². The summed E-state index contributed by atoms with van der Waals surface area (Å²) in [7, 11) is 0. The molecule has 3 saturated heterocycles. The van der Waals surface area contributed by atoms with E-state index in [9.17, 15) is 26.3 Å². The lowest BCUT2D eigenvalue weighted by atomic mass is 9.77. The monoisotopic (exact) mass is 571 g/mol. The number of alkyl halides is 6. The van der Waals surface area contributed by atoms with Gasteiger partial charge in [-0.15, -0.1) is 0 Å². The average molecular weight is 572 g/mol. The van der Waals surface area contributed by atoms with Crippen LogP contribution in [0.25, 0.3) is 0 Å². The number of rotatable bonds is 6. The molecule has 3 aliphatic rings. The van der Waals surface area contributed by atoms with Crippen molar-refractivity contribution in [3.8, 4) is 0 Å². The zero-order chi connectivity index (χ0) is 28.6. The van der Waals surface area contributed by atoms with Crippen LogP contribution in [0.2, 0.25) is 0 Å². The molecule has 10 heteroatoms. The molecular formula is C30H35F6NO3. The lowest BCUT2D eigenvalue weighted by Gasteiger charge is -2.49. The highest BCUT2D eigenvalue weighted by molar-refractivity contribution is 5.35. The van der Waals surface area contributed by atoms with Gasteiger partial charge in [-0.05, 0) is 86.9 Å². The number of nitrogens with zero attached hydrogens (tertiary/aromatic N) is 1. The van der Waals surface area contributed by atoms with Gasteiger partial charge < -0.3 is 14.2 Å². The van der Waals surface area contributed by atoms with Crippen LogP contribution in [-0.2, 0) is 26.6 Å². The van der Waals surface area contributed by atoms with E-state index in [4.69, 9.17) is 14.2 Å². The zero-order valence-corrected chi connectivity index (χ0v) is 22.5. The largest absolute Gasteiger partial charge is 0.416 e.